The van der Waals surface area contributed by atoms with Gasteiger partial charge >= 0.3 is 0 Å². The molecule has 2 aliphatic rings. The minimum absolute atomic E-state index is 0.125. The number of anilines is 1. The number of benzene rings is 1. The highest BCUT2D eigenvalue weighted by atomic mass is 16.1. The van der Waals surface area contributed by atoms with Crippen molar-refractivity contribution >= 4 is 11.6 Å². The number of rotatable bonds is 4. The molecule has 3 N–H and O–H groups in total. The Morgan fingerprint density at radius 1 is 1.15 bits per heavy atom. The third-order valence-electron chi connectivity index (χ3n) is 4.30. The van der Waals surface area contributed by atoms with Crippen LogP contribution >= 0.6 is 0 Å². The van der Waals surface area contributed by atoms with Gasteiger partial charge in [0.2, 0.25) is 5.91 Å². The summed E-state index contributed by atoms with van der Waals surface area (Å²) in [6.07, 6.45) is 5.36. The van der Waals surface area contributed by atoms with Gasteiger partial charge in [-0.25, -0.2) is 0 Å². The third kappa shape index (κ3) is 3.51. The molecule has 0 atom stereocenters. The van der Waals surface area contributed by atoms with Gasteiger partial charge in [-0.1, -0.05) is 12.1 Å². The Balaban J connectivity index is 1.43. The smallest absolute Gasteiger partial charge is 0.224 e. The predicted octanol–water partition coefficient (Wildman–Crippen LogP) is 1.55. The molecule has 1 aliphatic heterocycles. The normalized spacial score (nSPS) is 20.8. The van der Waals surface area contributed by atoms with E-state index in [0.717, 1.165) is 43.2 Å². The van der Waals surface area contributed by atoms with Crippen molar-refractivity contribution in [2.24, 2.45) is 0 Å². The van der Waals surface area contributed by atoms with E-state index in [1.165, 1.54) is 12.8 Å². The maximum absolute atomic E-state index is 12.0. The summed E-state index contributed by atoms with van der Waals surface area (Å²) in [5, 5.41) is 3.16. The Labute approximate surface area is 120 Å². The van der Waals surface area contributed by atoms with Crippen LogP contribution in [0, 0.1) is 0 Å². The first-order chi connectivity index (χ1) is 9.70. The Morgan fingerprint density at radius 3 is 2.40 bits per heavy atom. The van der Waals surface area contributed by atoms with Crippen molar-refractivity contribution < 1.29 is 4.79 Å². The zero-order valence-corrected chi connectivity index (χ0v) is 11.8. The van der Waals surface area contributed by atoms with Crippen LogP contribution in [0.25, 0.3) is 0 Å². The number of piperidine rings is 1. The van der Waals surface area contributed by atoms with E-state index in [-0.39, 0.29) is 5.91 Å². The molecule has 20 heavy (non-hydrogen) atoms. The molecular weight excluding hydrogens is 250 g/mol. The Kier molecular flexibility index (Phi) is 3.92. The number of carbonyl (C=O) groups is 1. The second kappa shape index (κ2) is 5.83. The molecule has 1 aromatic rings. The first-order valence-electron chi connectivity index (χ1n) is 7.58. The number of nitrogens with two attached hydrogens (primary N) is 1. The van der Waals surface area contributed by atoms with Crippen molar-refractivity contribution in [3.63, 3.8) is 0 Å². The largest absolute Gasteiger partial charge is 0.399 e. The van der Waals surface area contributed by atoms with Crippen LogP contribution < -0.4 is 11.1 Å². The lowest BCUT2D eigenvalue weighted by Crippen LogP contribution is -2.45. The maximum atomic E-state index is 12.0. The van der Waals surface area contributed by atoms with Crippen molar-refractivity contribution in [1.29, 1.82) is 0 Å². The van der Waals surface area contributed by atoms with Crippen molar-refractivity contribution in [1.82, 2.24) is 10.2 Å². The molecule has 4 nitrogen and oxygen atoms in total. The van der Waals surface area contributed by atoms with E-state index in [1.54, 1.807) is 0 Å². The summed E-state index contributed by atoms with van der Waals surface area (Å²) >= 11 is 0. The summed E-state index contributed by atoms with van der Waals surface area (Å²) in [5.74, 6) is 0.125. The average Bonchev–Trinajstić information content (AvgIpc) is 3.27. The van der Waals surface area contributed by atoms with Gasteiger partial charge in [0.05, 0.1) is 6.42 Å². The number of amides is 1. The van der Waals surface area contributed by atoms with Crippen molar-refractivity contribution in [2.75, 3.05) is 18.8 Å². The van der Waals surface area contributed by atoms with Crippen LogP contribution in [0.5, 0.6) is 0 Å². The van der Waals surface area contributed by atoms with E-state index >= 15 is 0 Å². The van der Waals surface area contributed by atoms with Gasteiger partial charge in [-0.15, -0.1) is 0 Å². The van der Waals surface area contributed by atoms with Gasteiger partial charge in [0.15, 0.2) is 0 Å². The van der Waals surface area contributed by atoms with E-state index in [4.69, 9.17) is 5.73 Å². The summed E-state index contributed by atoms with van der Waals surface area (Å²) in [6, 6.07) is 8.73. The van der Waals surface area contributed by atoms with Crippen LogP contribution in [-0.2, 0) is 11.2 Å². The summed E-state index contributed by atoms with van der Waals surface area (Å²) in [7, 11) is 0. The van der Waals surface area contributed by atoms with Gasteiger partial charge in [0.25, 0.3) is 0 Å². The molecule has 2 fully saturated rings. The third-order valence-corrected chi connectivity index (χ3v) is 4.30. The summed E-state index contributed by atoms with van der Waals surface area (Å²) < 4.78 is 0. The average molecular weight is 273 g/mol. The quantitative estimate of drug-likeness (QED) is 0.818. The van der Waals surface area contributed by atoms with Crippen LogP contribution in [0.15, 0.2) is 24.3 Å². The molecular formula is C16H23N3O. The number of carbonyl (C=O) groups excluding carboxylic acids is 1. The highest BCUT2D eigenvalue weighted by Crippen LogP contribution is 2.29. The molecule has 0 aromatic heterocycles. The fourth-order valence-corrected chi connectivity index (χ4v) is 2.95. The van der Waals surface area contributed by atoms with E-state index in [1.807, 2.05) is 24.3 Å². The fraction of sp³-hybridized carbons (Fsp3) is 0.562. The standard InChI is InChI=1S/C16H23N3O/c17-13-3-1-12(2-4-13)11-16(20)18-14-7-9-19(10-8-14)15-5-6-15/h1-4,14-15H,5-11,17H2,(H,18,20). The van der Waals surface area contributed by atoms with Crippen LogP contribution in [0.3, 0.4) is 0 Å². The number of hydrogen-bond donors (Lipinski definition) is 2. The van der Waals surface area contributed by atoms with Gasteiger partial charge in [-0.2, -0.15) is 0 Å². The first-order valence-corrected chi connectivity index (χ1v) is 7.58. The zero-order valence-electron chi connectivity index (χ0n) is 11.8. The molecule has 1 aliphatic carbocycles. The number of hydrogen-bond acceptors (Lipinski definition) is 3. The number of likely N-dealkylation sites (tertiary alicyclic amines) is 1. The Bertz CT molecular complexity index is 459. The molecule has 0 unspecified atom stereocenters. The first kappa shape index (κ1) is 13.4. The minimum atomic E-state index is 0.125. The van der Waals surface area contributed by atoms with Crippen molar-refractivity contribution in [3.8, 4) is 0 Å². The summed E-state index contributed by atoms with van der Waals surface area (Å²) in [6.45, 7) is 2.27. The second-order valence-electron chi connectivity index (χ2n) is 6.03. The van der Waals surface area contributed by atoms with Gasteiger partial charge in [-0.3, -0.25) is 4.79 Å². The van der Waals surface area contributed by atoms with Crippen LogP contribution in [0.2, 0.25) is 0 Å². The number of nitrogens with zero attached hydrogens (tertiary/aromatic N) is 1. The zero-order chi connectivity index (χ0) is 13.9. The molecule has 1 saturated carbocycles. The van der Waals surface area contributed by atoms with Crippen molar-refractivity contribution in [2.45, 2.75) is 44.2 Å². The molecule has 1 saturated heterocycles. The van der Waals surface area contributed by atoms with Crippen molar-refractivity contribution in [3.05, 3.63) is 29.8 Å². The molecule has 3 rings (SSSR count). The highest BCUT2D eigenvalue weighted by molar-refractivity contribution is 5.79. The SMILES string of the molecule is Nc1ccc(CC(=O)NC2CCN(C3CC3)CC2)cc1. The lowest BCUT2D eigenvalue weighted by molar-refractivity contribution is -0.121. The molecule has 1 aromatic carbocycles. The van der Waals surface area contributed by atoms with Gasteiger partial charge in [0, 0.05) is 30.9 Å². The number of nitrogen functional groups attached to an aromatic ring is 1. The van der Waals surface area contributed by atoms with E-state index < -0.39 is 0 Å². The molecule has 108 valence electrons. The molecule has 0 spiro atoms. The van der Waals surface area contributed by atoms with Crippen LogP contribution in [0.4, 0.5) is 5.69 Å². The maximum Gasteiger partial charge on any atom is 0.224 e. The summed E-state index contributed by atoms with van der Waals surface area (Å²) in [5.41, 5.74) is 7.40. The summed E-state index contributed by atoms with van der Waals surface area (Å²) in [4.78, 5) is 14.6. The minimum Gasteiger partial charge on any atom is -0.399 e. The molecule has 0 bridgehead atoms. The van der Waals surface area contributed by atoms with E-state index in [0.29, 0.717) is 12.5 Å². The lowest BCUT2D eigenvalue weighted by Gasteiger charge is -2.32. The van der Waals surface area contributed by atoms with Gasteiger partial charge in [0.1, 0.15) is 0 Å². The topological polar surface area (TPSA) is 58.4 Å². The molecule has 1 heterocycles. The molecule has 0 radical (unpaired) electrons. The van der Waals surface area contributed by atoms with E-state index in [9.17, 15) is 4.79 Å². The number of nitrogens with one attached hydrogen (secondary N) is 1. The van der Waals surface area contributed by atoms with Crippen LogP contribution in [0.1, 0.15) is 31.2 Å². The van der Waals surface area contributed by atoms with E-state index in [2.05, 4.69) is 10.2 Å². The second-order valence-corrected chi connectivity index (χ2v) is 6.03. The Morgan fingerprint density at radius 2 is 1.80 bits per heavy atom. The van der Waals surface area contributed by atoms with Gasteiger partial charge < -0.3 is 16.0 Å². The lowest BCUT2D eigenvalue weighted by atomic mass is 10.0. The monoisotopic (exact) mass is 273 g/mol. The Hall–Kier alpha value is -1.55. The van der Waals surface area contributed by atoms with Crippen LogP contribution in [-0.4, -0.2) is 36.0 Å². The molecule has 1 amide bonds. The molecule has 4 heteroatoms. The highest BCUT2D eigenvalue weighted by Gasteiger charge is 2.31. The van der Waals surface area contributed by atoms with Gasteiger partial charge in [-0.05, 0) is 43.4 Å². The fourth-order valence-electron chi connectivity index (χ4n) is 2.95. The predicted molar refractivity (Wildman–Crippen MR) is 80.3 cm³/mol.